The predicted octanol–water partition coefficient (Wildman–Crippen LogP) is 4.10. The number of hydrogen-bond acceptors (Lipinski definition) is 7. The lowest BCUT2D eigenvalue weighted by molar-refractivity contribution is 0.0996. The Morgan fingerprint density at radius 2 is 1.94 bits per heavy atom. The Labute approximate surface area is 209 Å². The van der Waals surface area contributed by atoms with Crippen molar-refractivity contribution in [1.29, 1.82) is 0 Å². The SMILES string of the molecule is COc1cc(Nc2ccc3c(n2)CN(C)C32CCCC2)c(C(N)=O)nc1-c1cccc2c1ncn2C. The van der Waals surface area contributed by atoms with E-state index in [4.69, 9.17) is 15.5 Å². The molecular formula is C27H29N7O2. The highest BCUT2D eigenvalue weighted by molar-refractivity contribution is 6.00. The van der Waals surface area contributed by atoms with E-state index in [1.54, 1.807) is 19.5 Å². The Bertz CT molecular complexity index is 1500. The first-order chi connectivity index (χ1) is 17.4. The van der Waals surface area contributed by atoms with Gasteiger partial charge in [-0.15, -0.1) is 0 Å². The second kappa shape index (κ2) is 8.30. The third-order valence-electron chi connectivity index (χ3n) is 7.74. The Kier molecular flexibility index (Phi) is 5.19. The molecule has 0 bridgehead atoms. The summed E-state index contributed by atoms with van der Waals surface area (Å²) in [6.07, 6.45) is 6.58. The molecule has 3 aromatic heterocycles. The second-order valence-corrected chi connectivity index (χ2v) is 9.74. The van der Waals surface area contributed by atoms with Crippen molar-refractivity contribution in [3.63, 3.8) is 0 Å². The maximum atomic E-state index is 12.5. The van der Waals surface area contributed by atoms with Crippen molar-refractivity contribution in [2.75, 3.05) is 19.5 Å². The molecule has 4 aromatic rings. The van der Waals surface area contributed by atoms with Crippen LogP contribution in [0.25, 0.3) is 22.3 Å². The summed E-state index contributed by atoms with van der Waals surface area (Å²) in [5, 5.41) is 3.28. The maximum absolute atomic E-state index is 12.5. The number of methoxy groups -OCH3 is 1. The Balaban J connectivity index is 1.41. The molecule has 0 saturated heterocycles. The highest BCUT2D eigenvalue weighted by atomic mass is 16.5. The summed E-state index contributed by atoms with van der Waals surface area (Å²) < 4.78 is 7.64. The molecule has 0 atom stereocenters. The van der Waals surface area contributed by atoms with Crippen LogP contribution in [0, 0.1) is 0 Å². The summed E-state index contributed by atoms with van der Waals surface area (Å²) in [5.74, 6) is 0.509. The van der Waals surface area contributed by atoms with Crippen LogP contribution < -0.4 is 15.8 Å². The van der Waals surface area contributed by atoms with Crippen LogP contribution in [-0.2, 0) is 19.1 Å². The number of nitrogens with two attached hydrogens (primary N) is 1. The summed E-state index contributed by atoms with van der Waals surface area (Å²) in [5.41, 5.74) is 11.8. The van der Waals surface area contributed by atoms with Crippen LogP contribution in [0.5, 0.6) is 5.75 Å². The molecular weight excluding hydrogens is 454 g/mol. The number of carbonyl (C=O) groups excluding carboxylic acids is 1. The van der Waals surface area contributed by atoms with Crippen LogP contribution in [0.15, 0.2) is 42.7 Å². The molecule has 1 aliphatic carbocycles. The van der Waals surface area contributed by atoms with E-state index in [1.165, 1.54) is 31.2 Å². The van der Waals surface area contributed by atoms with Gasteiger partial charge in [0.1, 0.15) is 17.3 Å². The third-order valence-corrected chi connectivity index (χ3v) is 7.74. The first-order valence-electron chi connectivity index (χ1n) is 12.2. The first-order valence-corrected chi connectivity index (χ1v) is 12.2. The van der Waals surface area contributed by atoms with E-state index in [2.05, 4.69) is 33.3 Å². The fourth-order valence-corrected chi connectivity index (χ4v) is 5.92. The number of fused-ring (bicyclic) bond motifs is 3. The average Bonchev–Trinajstić information content (AvgIpc) is 3.58. The maximum Gasteiger partial charge on any atom is 0.269 e. The number of aryl methyl sites for hydroxylation is 1. The van der Waals surface area contributed by atoms with Gasteiger partial charge in [-0.3, -0.25) is 9.69 Å². The Morgan fingerprint density at radius 1 is 1.14 bits per heavy atom. The molecule has 1 amide bonds. The summed E-state index contributed by atoms with van der Waals surface area (Å²) >= 11 is 0. The molecule has 1 aliphatic heterocycles. The molecule has 3 N–H and O–H groups in total. The van der Waals surface area contributed by atoms with Gasteiger partial charge in [-0.05, 0) is 37.6 Å². The topological polar surface area (TPSA) is 111 Å². The number of benzene rings is 1. The van der Waals surface area contributed by atoms with Gasteiger partial charge in [0.25, 0.3) is 5.91 Å². The highest BCUT2D eigenvalue weighted by Gasteiger charge is 2.45. The van der Waals surface area contributed by atoms with Crippen molar-refractivity contribution in [2.24, 2.45) is 12.8 Å². The van der Waals surface area contributed by atoms with Crippen LogP contribution in [0.2, 0.25) is 0 Å². The van der Waals surface area contributed by atoms with E-state index < -0.39 is 5.91 Å². The van der Waals surface area contributed by atoms with Gasteiger partial charge >= 0.3 is 0 Å². The molecule has 1 aromatic carbocycles. The number of primary amides is 1. The number of pyridine rings is 2. The van der Waals surface area contributed by atoms with Gasteiger partial charge in [0.15, 0.2) is 5.69 Å². The van der Waals surface area contributed by atoms with E-state index in [-0.39, 0.29) is 11.2 Å². The largest absolute Gasteiger partial charge is 0.494 e. The molecule has 9 nitrogen and oxygen atoms in total. The summed E-state index contributed by atoms with van der Waals surface area (Å²) in [6, 6.07) is 11.7. The molecule has 6 rings (SSSR count). The van der Waals surface area contributed by atoms with Crippen LogP contribution in [0.1, 0.15) is 47.4 Å². The van der Waals surface area contributed by atoms with Gasteiger partial charge in [0.2, 0.25) is 0 Å². The number of ether oxygens (including phenoxy) is 1. The van der Waals surface area contributed by atoms with E-state index >= 15 is 0 Å². The summed E-state index contributed by atoms with van der Waals surface area (Å²) in [6.45, 7) is 0.808. The minimum Gasteiger partial charge on any atom is -0.494 e. The van der Waals surface area contributed by atoms with Crippen molar-refractivity contribution < 1.29 is 9.53 Å². The molecule has 0 unspecified atom stereocenters. The molecule has 1 saturated carbocycles. The third kappa shape index (κ3) is 3.34. The minimum absolute atomic E-state index is 0.109. The minimum atomic E-state index is -0.639. The van der Waals surface area contributed by atoms with Gasteiger partial charge in [-0.25, -0.2) is 15.0 Å². The Hall–Kier alpha value is -3.98. The van der Waals surface area contributed by atoms with Crippen molar-refractivity contribution in [3.8, 4) is 17.0 Å². The molecule has 9 heteroatoms. The average molecular weight is 484 g/mol. The second-order valence-electron chi connectivity index (χ2n) is 9.74. The monoisotopic (exact) mass is 483 g/mol. The fourth-order valence-electron chi connectivity index (χ4n) is 5.92. The lowest BCUT2D eigenvalue weighted by Crippen LogP contribution is -2.35. The Morgan fingerprint density at radius 3 is 2.69 bits per heavy atom. The van der Waals surface area contributed by atoms with Crippen LogP contribution in [0.3, 0.4) is 0 Å². The molecule has 1 fully saturated rings. The lowest BCUT2D eigenvalue weighted by atomic mass is 9.89. The van der Waals surface area contributed by atoms with Crippen LogP contribution >= 0.6 is 0 Å². The van der Waals surface area contributed by atoms with E-state index in [0.717, 1.165) is 28.8 Å². The van der Waals surface area contributed by atoms with Crippen molar-refractivity contribution >= 4 is 28.4 Å². The van der Waals surface area contributed by atoms with Gasteiger partial charge in [-0.2, -0.15) is 0 Å². The van der Waals surface area contributed by atoms with Gasteiger partial charge in [0.05, 0.1) is 35.9 Å². The molecule has 4 heterocycles. The number of amides is 1. The van der Waals surface area contributed by atoms with Crippen LogP contribution in [-0.4, -0.2) is 44.5 Å². The number of para-hydroxylation sites is 1. The fraction of sp³-hybridized carbons (Fsp3) is 0.333. The van der Waals surface area contributed by atoms with Crippen molar-refractivity contribution in [1.82, 2.24) is 24.4 Å². The predicted molar refractivity (Wildman–Crippen MR) is 138 cm³/mol. The van der Waals surface area contributed by atoms with E-state index in [0.29, 0.717) is 22.9 Å². The number of nitrogens with zero attached hydrogens (tertiary/aromatic N) is 5. The zero-order valence-corrected chi connectivity index (χ0v) is 20.7. The number of anilines is 2. The lowest BCUT2D eigenvalue weighted by Gasteiger charge is -2.32. The normalized spacial score (nSPS) is 16.5. The number of hydrogen-bond donors (Lipinski definition) is 2. The van der Waals surface area contributed by atoms with E-state index in [9.17, 15) is 4.79 Å². The summed E-state index contributed by atoms with van der Waals surface area (Å²) in [4.78, 5) is 29.0. The van der Waals surface area contributed by atoms with Crippen molar-refractivity contribution in [3.05, 3.63) is 59.7 Å². The smallest absolute Gasteiger partial charge is 0.269 e. The molecule has 184 valence electrons. The zero-order chi connectivity index (χ0) is 25.0. The molecule has 1 spiro atoms. The number of nitrogens with one attached hydrogen (secondary N) is 1. The van der Waals surface area contributed by atoms with Gasteiger partial charge < -0.3 is 20.4 Å². The van der Waals surface area contributed by atoms with Gasteiger partial charge in [0, 0.05) is 30.8 Å². The molecule has 2 aliphatic rings. The summed E-state index contributed by atoms with van der Waals surface area (Å²) in [7, 11) is 5.69. The molecule has 0 radical (unpaired) electrons. The number of rotatable bonds is 5. The first kappa shape index (κ1) is 22.5. The molecule has 36 heavy (non-hydrogen) atoms. The van der Waals surface area contributed by atoms with E-state index in [1.807, 2.05) is 35.9 Å². The standard InChI is InChI=1S/C27H29N7O2/c1-33-15-29-23-16(7-6-8-20(23)33)24-21(36-3)13-18(25(32-24)26(28)35)30-22-10-9-17-19(31-22)14-34(2)27(17)11-4-5-12-27/h6-10,13,15H,4-5,11-12,14H2,1-3H3,(H2,28,35)(H,30,31). The van der Waals surface area contributed by atoms with Crippen molar-refractivity contribution in [2.45, 2.75) is 37.8 Å². The van der Waals surface area contributed by atoms with Gasteiger partial charge in [-0.1, -0.05) is 31.0 Å². The van der Waals surface area contributed by atoms with Crippen LogP contribution in [0.4, 0.5) is 11.5 Å². The number of carbonyl (C=O) groups is 1. The number of aromatic nitrogens is 4. The quantitative estimate of drug-likeness (QED) is 0.440. The highest BCUT2D eigenvalue weighted by Crippen LogP contribution is 2.49. The number of imidazole rings is 1. The zero-order valence-electron chi connectivity index (χ0n) is 20.7.